The van der Waals surface area contributed by atoms with Gasteiger partial charge in [0.1, 0.15) is 5.69 Å². The minimum atomic E-state index is -0.641. The van der Waals surface area contributed by atoms with E-state index >= 15 is 0 Å². The van der Waals surface area contributed by atoms with Crippen LogP contribution in [0.5, 0.6) is 0 Å². The average molecular weight is 251 g/mol. The Labute approximate surface area is 104 Å². The maximum atomic E-state index is 11.7. The summed E-state index contributed by atoms with van der Waals surface area (Å²) in [5.41, 5.74) is -0.0403. The van der Waals surface area contributed by atoms with Gasteiger partial charge in [0, 0.05) is 32.6 Å². The maximum Gasteiger partial charge on any atom is 0.293 e. The van der Waals surface area contributed by atoms with Gasteiger partial charge < -0.3 is 10.2 Å². The Morgan fingerprint density at radius 3 is 2.39 bits per heavy atom. The predicted molar refractivity (Wildman–Crippen MR) is 65.4 cm³/mol. The molecule has 0 radical (unpaired) electrons. The number of nitrogens with zero attached hydrogens (tertiary/aromatic N) is 2. The van der Waals surface area contributed by atoms with E-state index in [4.69, 9.17) is 0 Å². The number of nitro benzene ring substituents is 1. The number of carbonyl (C=O) groups excluding carboxylic acids is 2. The minimum absolute atomic E-state index is 0.0720. The van der Waals surface area contributed by atoms with Gasteiger partial charge in [-0.15, -0.1) is 0 Å². The fourth-order valence-electron chi connectivity index (χ4n) is 1.37. The smallest absolute Gasteiger partial charge is 0.293 e. The Hall–Kier alpha value is -2.44. The van der Waals surface area contributed by atoms with Crippen molar-refractivity contribution in [2.75, 3.05) is 19.4 Å². The SMILES string of the molecule is CC(=O)Nc1ccc(C(=O)N(C)C)cc1[N+](=O)[O-]. The number of carbonyl (C=O) groups is 2. The molecule has 0 aliphatic heterocycles. The molecule has 0 spiro atoms. The lowest BCUT2D eigenvalue weighted by atomic mass is 10.1. The molecule has 0 heterocycles. The molecule has 2 amide bonds. The molecule has 0 unspecified atom stereocenters. The van der Waals surface area contributed by atoms with Crippen LogP contribution in [-0.2, 0) is 4.79 Å². The van der Waals surface area contributed by atoms with E-state index in [0.29, 0.717) is 0 Å². The fraction of sp³-hybridized carbons (Fsp3) is 0.273. The number of amides is 2. The second-order valence-corrected chi connectivity index (χ2v) is 3.87. The summed E-state index contributed by atoms with van der Waals surface area (Å²) in [6, 6.07) is 3.92. The van der Waals surface area contributed by atoms with Gasteiger partial charge in [0.25, 0.3) is 11.6 Å². The van der Waals surface area contributed by atoms with Crippen molar-refractivity contribution in [1.29, 1.82) is 0 Å². The summed E-state index contributed by atoms with van der Waals surface area (Å²) in [5.74, 6) is -0.753. The normalized spacial score (nSPS) is 9.72. The molecular formula is C11H13N3O4. The van der Waals surface area contributed by atoms with E-state index in [-0.39, 0.29) is 22.8 Å². The van der Waals surface area contributed by atoms with E-state index < -0.39 is 10.8 Å². The number of nitro groups is 1. The molecule has 7 nitrogen and oxygen atoms in total. The molecule has 0 aliphatic rings. The summed E-state index contributed by atoms with van der Waals surface area (Å²) in [6.45, 7) is 1.25. The molecule has 0 saturated heterocycles. The topological polar surface area (TPSA) is 92.6 Å². The zero-order valence-corrected chi connectivity index (χ0v) is 10.3. The Morgan fingerprint density at radius 1 is 1.33 bits per heavy atom. The monoisotopic (exact) mass is 251 g/mol. The Kier molecular flexibility index (Phi) is 3.98. The van der Waals surface area contributed by atoms with E-state index in [2.05, 4.69) is 5.32 Å². The van der Waals surface area contributed by atoms with E-state index in [9.17, 15) is 19.7 Å². The highest BCUT2D eigenvalue weighted by molar-refractivity contribution is 5.97. The van der Waals surface area contributed by atoms with Gasteiger partial charge in [-0.3, -0.25) is 19.7 Å². The predicted octanol–water partition coefficient (Wildman–Crippen LogP) is 1.25. The quantitative estimate of drug-likeness (QED) is 0.646. The number of hydrogen-bond acceptors (Lipinski definition) is 4. The van der Waals surface area contributed by atoms with Crippen LogP contribution in [0.4, 0.5) is 11.4 Å². The lowest BCUT2D eigenvalue weighted by Crippen LogP contribution is -2.21. The summed E-state index contributed by atoms with van der Waals surface area (Å²) in [5, 5.41) is 13.2. The lowest BCUT2D eigenvalue weighted by molar-refractivity contribution is -0.384. The Balaban J connectivity index is 3.23. The molecule has 0 bridgehead atoms. The van der Waals surface area contributed by atoms with Gasteiger partial charge in [-0.2, -0.15) is 0 Å². The van der Waals surface area contributed by atoms with Crippen molar-refractivity contribution < 1.29 is 14.5 Å². The van der Waals surface area contributed by atoms with Crippen LogP contribution in [0.3, 0.4) is 0 Å². The van der Waals surface area contributed by atoms with Gasteiger partial charge in [-0.05, 0) is 12.1 Å². The van der Waals surface area contributed by atoms with Gasteiger partial charge in [-0.25, -0.2) is 0 Å². The first kappa shape index (κ1) is 13.6. The van der Waals surface area contributed by atoms with Crippen LogP contribution in [0, 0.1) is 10.1 Å². The van der Waals surface area contributed by atoms with Crippen LogP contribution in [0.15, 0.2) is 18.2 Å². The first-order valence-electron chi connectivity index (χ1n) is 5.10. The molecule has 1 aromatic carbocycles. The van der Waals surface area contributed by atoms with Crippen LogP contribution in [-0.4, -0.2) is 35.7 Å². The first-order valence-corrected chi connectivity index (χ1v) is 5.10. The molecule has 0 fully saturated rings. The fourth-order valence-corrected chi connectivity index (χ4v) is 1.37. The van der Waals surface area contributed by atoms with E-state index in [1.807, 2.05) is 0 Å². The number of hydrogen-bond donors (Lipinski definition) is 1. The molecule has 7 heteroatoms. The number of anilines is 1. The Morgan fingerprint density at radius 2 is 1.94 bits per heavy atom. The van der Waals surface area contributed by atoms with Crippen LogP contribution >= 0.6 is 0 Å². The molecular weight excluding hydrogens is 238 g/mol. The zero-order valence-electron chi connectivity index (χ0n) is 10.3. The second-order valence-electron chi connectivity index (χ2n) is 3.87. The highest BCUT2D eigenvalue weighted by atomic mass is 16.6. The van der Waals surface area contributed by atoms with Gasteiger partial charge >= 0.3 is 0 Å². The van der Waals surface area contributed by atoms with E-state index in [1.54, 1.807) is 14.1 Å². The third-order valence-corrected chi connectivity index (χ3v) is 2.16. The number of rotatable bonds is 3. The highest BCUT2D eigenvalue weighted by Gasteiger charge is 2.18. The molecule has 96 valence electrons. The summed E-state index contributed by atoms with van der Waals surface area (Å²) < 4.78 is 0. The first-order chi connectivity index (χ1) is 8.32. The minimum Gasteiger partial charge on any atom is -0.345 e. The van der Waals surface area contributed by atoms with Crippen LogP contribution in [0.1, 0.15) is 17.3 Å². The van der Waals surface area contributed by atoms with E-state index in [1.165, 1.54) is 24.0 Å². The van der Waals surface area contributed by atoms with Crippen molar-refractivity contribution in [2.24, 2.45) is 0 Å². The highest BCUT2D eigenvalue weighted by Crippen LogP contribution is 2.25. The standard InChI is InChI=1S/C11H13N3O4/c1-7(15)12-9-5-4-8(11(16)13(2)3)6-10(9)14(17)18/h4-6H,1-3H3,(H,12,15). The van der Waals surface area contributed by atoms with Crippen LogP contribution < -0.4 is 5.32 Å². The van der Waals surface area contributed by atoms with Gasteiger partial charge in [0.15, 0.2) is 0 Å². The molecule has 1 N–H and O–H groups in total. The Bertz CT molecular complexity index is 511. The average Bonchev–Trinajstić information content (AvgIpc) is 2.27. The third-order valence-electron chi connectivity index (χ3n) is 2.16. The van der Waals surface area contributed by atoms with Crippen molar-refractivity contribution in [3.63, 3.8) is 0 Å². The molecule has 18 heavy (non-hydrogen) atoms. The molecule has 1 rings (SSSR count). The number of nitrogens with one attached hydrogen (secondary N) is 1. The van der Waals surface area contributed by atoms with Crippen molar-refractivity contribution in [1.82, 2.24) is 4.90 Å². The molecule has 0 atom stereocenters. The summed E-state index contributed by atoms with van der Waals surface area (Å²) in [7, 11) is 3.10. The van der Waals surface area contributed by atoms with Gasteiger partial charge in [0.2, 0.25) is 5.91 Å². The van der Waals surface area contributed by atoms with Gasteiger partial charge in [0.05, 0.1) is 4.92 Å². The summed E-state index contributed by atoms with van der Waals surface area (Å²) >= 11 is 0. The van der Waals surface area contributed by atoms with Gasteiger partial charge in [-0.1, -0.05) is 0 Å². The molecule has 0 aromatic heterocycles. The van der Waals surface area contributed by atoms with Crippen molar-refractivity contribution in [3.8, 4) is 0 Å². The molecule has 0 saturated carbocycles. The zero-order chi connectivity index (χ0) is 13.9. The summed E-state index contributed by atoms with van der Waals surface area (Å²) in [4.78, 5) is 34.1. The maximum absolute atomic E-state index is 11.7. The summed E-state index contributed by atoms with van der Waals surface area (Å²) in [6.07, 6.45) is 0. The second kappa shape index (κ2) is 5.26. The molecule has 1 aromatic rings. The van der Waals surface area contributed by atoms with Crippen molar-refractivity contribution >= 4 is 23.2 Å². The van der Waals surface area contributed by atoms with Crippen LogP contribution in [0.2, 0.25) is 0 Å². The largest absolute Gasteiger partial charge is 0.345 e. The third kappa shape index (κ3) is 3.03. The van der Waals surface area contributed by atoms with Crippen LogP contribution in [0.25, 0.3) is 0 Å². The number of benzene rings is 1. The van der Waals surface area contributed by atoms with Crippen molar-refractivity contribution in [2.45, 2.75) is 6.92 Å². The van der Waals surface area contributed by atoms with Crippen molar-refractivity contribution in [3.05, 3.63) is 33.9 Å². The lowest BCUT2D eigenvalue weighted by Gasteiger charge is -2.11. The molecule has 0 aliphatic carbocycles. The van der Waals surface area contributed by atoms with E-state index in [0.717, 1.165) is 6.07 Å².